The average Bonchev–Trinajstić information content (AvgIpc) is 2.82. The summed E-state index contributed by atoms with van der Waals surface area (Å²) >= 11 is 6.20. The van der Waals surface area contributed by atoms with Gasteiger partial charge in [-0.1, -0.05) is 17.7 Å². The number of fused-ring (bicyclic) bond motifs is 1. The summed E-state index contributed by atoms with van der Waals surface area (Å²) in [7, 11) is 0. The van der Waals surface area contributed by atoms with E-state index in [0.29, 0.717) is 10.6 Å². The minimum Gasteiger partial charge on any atom is -0.359 e. The quantitative estimate of drug-likeness (QED) is 0.763. The van der Waals surface area contributed by atoms with Crippen LogP contribution in [0.5, 0.6) is 0 Å². The first-order chi connectivity index (χ1) is 9.06. The first-order valence-corrected chi connectivity index (χ1v) is 6.42. The molecule has 0 bridgehead atoms. The molecule has 1 aliphatic heterocycles. The molecular formula is C15H13ClN2O. The van der Waals surface area contributed by atoms with Crippen molar-refractivity contribution in [2.75, 3.05) is 5.32 Å². The molecule has 4 heteroatoms. The van der Waals surface area contributed by atoms with Gasteiger partial charge in [0.1, 0.15) is 0 Å². The molecule has 0 saturated carbocycles. The van der Waals surface area contributed by atoms with Crippen molar-refractivity contribution >= 4 is 34.8 Å². The minimum absolute atomic E-state index is 0.116. The molecule has 2 aromatic rings. The molecule has 0 aliphatic carbocycles. The van der Waals surface area contributed by atoms with Gasteiger partial charge in [0.2, 0.25) is 0 Å². The number of aromatic amines is 1. The predicted octanol–water partition coefficient (Wildman–Crippen LogP) is 3.78. The summed E-state index contributed by atoms with van der Waals surface area (Å²) in [5, 5.41) is 3.42. The van der Waals surface area contributed by atoms with Crippen LogP contribution in [0.15, 0.2) is 24.3 Å². The lowest BCUT2D eigenvalue weighted by atomic mass is 10.1. The topological polar surface area (TPSA) is 44.9 Å². The van der Waals surface area contributed by atoms with Crippen LogP contribution < -0.4 is 5.32 Å². The molecule has 0 fully saturated rings. The van der Waals surface area contributed by atoms with Crippen molar-refractivity contribution in [3.05, 3.63) is 51.8 Å². The van der Waals surface area contributed by atoms with Gasteiger partial charge in [-0.05, 0) is 43.7 Å². The molecule has 3 rings (SSSR count). The molecule has 1 aromatic heterocycles. The Morgan fingerprint density at radius 3 is 2.74 bits per heavy atom. The number of carbonyl (C=O) groups is 1. The lowest BCUT2D eigenvalue weighted by molar-refractivity contribution is -0.110. The fourth-order valence-electron chi connectivity index (χ4n) is 2.39. The van der Waals surface area contributed by atoms with Crippen LogP contribution in [0, 0.1) is 13.8 Å². The van der Waals surface area contributed by atoms with Crippen molar-refractivity contribution < 1.29 is 4.79 Å². The Hall–Kier alpha value is -2.00. The van der Waals surface area contributed by atoms with Gasteiger partial charge in [-0.3, -0.25) is 4.79 Å². The van der Waals surface area contributed by atoms with Gasteiger partial charge >= 0.3 is 0 Å². The fourth-order valence-corrected chi connectivity index (χ4v) is 2.66. The number of benzene rings is 1. The molecule has 0 saturated heterocycles. The highest BCUT2D eigenvalue weighted by Gasteiger charge is 2.26. The standard InChI is InChI=1S/C15H13ClN2O/c1-8-6-9(2)17-13(8)7-10-14-11(16)4-3-5-12(14)18-15(10)19/h3-7,17H,1-2H3,(H,18,19)/b10-7-. The smallest absolute Gasteiger partial charge is 0.256 e. The monoisotopic (exact) mass is 272 g/mol. The van der Waals surface area contributed by atoms with Crippen LogP contribution in [-0.4, -0.2) is 10.9 Å². The Morgan fingerprint density at radius 1 is 1.26 bits per heavy atom. The summed E-state index contributed by atoms with van der Waals surface area (Å²) < 4.78 is 0. The largest absolute Gasteiger partial charge is 0.359 e. The molecule has 2 heterocycles. The third-order valence-electron chi connectivity index (χ3n) is 3.25. The number of carbonyl (C=O) groups excluding carboxylic acids is 1. The fraction of sp³-hybridized carbons (Fsp3) is 0.133. The molecule has 3 nitrogen and oxygen atoms in total. The maximum Gasteiger partial charge on any atom is 0.256 e. The third-order valence-corrected chi connectivity index (χ3v) is 3.57. The third kappa shape index (κ3) is 1.96. The van der Waals surface area contributed by atoms with E-state index >= 15 is 0 Å². The first kappa shape index (κ1) is 12.1. The number of nitrogens with one attached hydrogen (secondary N) is 2. The molecule has 2 N–H and O–H groups in total. The molecule has 0 radical (unpaired) electrons. The van der Waals surface area contributed by atoms with Gasteiger partial charge in [-0.25, -0.2) is 0 Å². The molecular weight excluding hydrogens is 260 g/mol. The Morgan fingerprint density at radius 2 is 2.05 bits per heavy atom. The van der Waals surface area contributed by atoms with Crippen molar-refractivity contribution in [3.8, 4) is 0 Å². The van der Waals surface area contributed by atoms with Crippen LogP contribution in [-0.2, 0) is 4.79 Å². The van der Waals surface area contributed by atoms with E-state index in [1.54, 1.807) is 6.07 Å². The van der Waals surface area contributed by atoms with Gasteiger partial charge in [0.15, 0.2) is 0 Å². The Kier molecular flexibility index (Phi) is 2.72. The number of anilines is 1. The zero-order chi connectivity index (χ0) is 13.6. The van der Waals surface area contributed by atoms with Crippen LogP contribution in [0.1, 0.15) is 22.5 Å². The van der Waals surface area contributed by atoms with Crippen LogP contribution in [0.25, 0.3) is 11.6 Å². The Bertz CT molecular complexity index is 713. The van der Waals surface area contributed by atoms with Crippen LogP contribution >= 0.6 is 11.6 Å². The van der Waals surface area contributed by atoms with E-state index in [1.165, 1.54) is 0 Å². The van der Waals surface area contributed by atoms with Crippen LogP contribution in [0.2, 0.25) is 5.02 Å². The second-order valence-corrected chi connectivity index (χ2v) is 5.13. The maximum absolute atomic E-state index is 12.1. The molecule has 19 heavy (non-hydrogen) atoms. The number of rotatable bonds is 1. The number of aromatic nitrogens is 1. The molecule has 0 spiro atoms. The number of aryl methyl sites for hydroxylation is 2. The van der Waals surface area contributed by atoms with Crippen molar-refractivity contribution in [2.24, 2.45) is 0 Å². The van der Waals surface area contributed by atoms with Gasteiger partial charge < -0.3 is 10.3 Å². The van der Waals surface area contributed by atoms with Gasteiger partial charge in [-0.2, -0.15) is 0 Å². The van der Waals surface area contributed by atoms with Gasteiger partial charge in [0.25, 0.3) is 5.91 Å². The summed E-state index contributed by atoms with van der Waals surface area (Å²) in [5.74, 6) is -0.116. The Balaban J connectivity index is 2.17. The Labute approximate surface area is 116 Å². The van der Waals surface area contributed by atoms with Gasteiger partial charge in [-0.15, -0.1) is 0 Å². The molecule has 1 aromatic carbocycles. The summed E-state index contributed by atoms with van der Waals surface area (Å²) in [5.41, 5.74) is 5.27. The maximum atomic E-state index is 12.1. The summed E-state index contributed by atoms with van der Waals surface area (Å²) in [6.45, 7) is 4.00. The molecule has 1 aliphatic rings. The van der Waals surface area contributed by atoms with E-state index in [9.17, 15) is 4.79 Å². The van der Waals surface area contributed by atoms with Crippen molar-refractivity contribution in [2.45, 2.75) is 13.8 Å². The minimum atomic E-state index is -0.116. The number of amides is 1. The summed E-state index contributed by atoms with van der Waals surface area (Å²) in [6.07, 6.45) is 1.86. The number of halogens is 1. The van der Waals surface area contributed by atoms with Crippen molar-refractivity contribution in [1.29, 1.82) is 0 Å². The van der Waals surface area contributed by atoms with Gasteiger partial charge in [0.05, 0.1) is 16.3 Å². The highest BCUT2D eigenvalue weighted by atomic mass is 35.5. The number of hydrogen-bond donors (Lipinski definition) is 2. The average molecular weight is 273 g/mol. The van der Waals surface area contributed by atoms with E-state index in [2.05, 4.69) is 10.3 Å². The zero-order valence-electron chi connectivity index (χ0n) is 10.7. The zero-order valence-corrected chi connectivity index (χ0v) is 11.4. The van der Waals surface area contributed by atoms with Crippen molar-refractivity contribution in [1.82, 2.24) is 4.98 Å². The van der Waals surface area contributed by atoms with E-state index in [-0.39, 0.29) is 5.91 Å². The molecule has 0 unspecified atom stereocenters. The molecule has 96 valence electrons. The lowest BCUT2D eigenvalue weighted by Gasteiger charge is -2.01. The summed E-state index contributed by atoms with van der Waals surface area (Å²) in [6, 6.07) is 7.52. The summed E-state index contributed by atoms with van der Waals surface area (Å²) in [4.78, 5) is 15.3. The molecule has 0 atom stereocenters. The molecule has 1 amide bonds. The van der Waals surface area contributed by atoms with Gasteiger partial charge in [0, 0.05) is 17.0 Å². The van der Waals surface area contributed by atoms with E-state index < -0.39 is 0 Å². The van der Waals surface area contributed by atoms with Crippen LogP contribution in [0.4, 0.5) is 5.69 Å². The number of H-pyrrole nitrogens is 1. The van der Waals surface area contributed by atoms with E-state index in [0.717, 1.165) is 28.2 Å². The van der Waals surface area contributed by atoms with E-state index in [4.69, 9.17) is 11.6 Å². The van der Waals surface area contributed by atoms with E-state index in [1.807, 2.05) is 38.1 Å². The van der Waals surface area contributed by atoms with Crippen molar-refractivity contribution in [3.63, 3.8) is 0 Å². The second kappa shape index (κ2) is 4.28. The highest BCUT2D eigenvalue weighted by molar-refractivity contribution is 6.41. The first-order valence-electron chi connectivity index (χ1n) is 6.04. The SMILES string of the molecule is Cc1cc(C)c(/C=C2\C(=O)Nc3cccc(Cl)c32)[nH]1. The lowest BCUT2D eigenvalue weighted by Crippen LogP contribution is -2.03. The van der Waals surface area contributed by atoms with Crippen LogP contribution in [0.3, 0.4) is 0 Å². The normalized spacial score (nSPS) is 15.7. The predicted molar refractivity (Wildman–Crippen MR) is 78.2 cm³/mol. The second-order valence-electron chi connectivity index (χ2n) is 4.72. The number of hydrogen-bond acceptors (Lipinski definition) is 1. The highest BCUT2D eigenvalue weighted by Crippen LogP contribution is 2.38.